The predicted octanol–water partition coefficient (Wildman–Crippen LogP) is 5.92. The van der Waals surface area contributed by atoms with E-state index in [1.807, 2.05) is 0 Å². The molecule has 0 heterocycles. The van der Waals surface area contributed by atoms with E-state index in [4.69, 9.17) is 0 Å². The maximum atomic E-state index is 2.43. The minimum atomic E-state index is 0.0849. The Kier molecular flexibility index (Phi) is 3.47. The summed E-state index contributed by atoms with van der Waals surface area (Å²) in [5.41, 5.74) is 6.23. The lowest BCUT2D eigenvalue weighted by molar-refractivity contribution is 0.330. The van der Waals surface area contributed by atoms with Gasteiger partial charge in [0.05, 0.1) is 0 Å². The molecule has 0 heteroatoms. The van der Waals surface area contributed by atoms with Gasteiger partial charge in [-0.25, -0.2) is 0 Å². The molecule has 0 saturated heterocycles. The van der Waals surface area contributed by atoms with Crippen LogP contribution in [0.15, 0.2) is 48.5 Å². The number of hydrogen-bond donors (Lipinski definition) is 0. The number of benzene rings is 2. The molecule has 0 spiro atoms. The Morgan fingerprint density at radius 2 is 0.773 bits per heavy atom. The van der Waals surface area contributed by atoms with E-state index < -0.39 is 0 Å². The first-order chi connectivity index (χ1) is 10.3. The van der Waals surface area contributed by atoms with E-state index in [-0.39, 0.29) is 10.8 Å². The SMILES string of the molecule is CC(C)C1(C)c2ccccc2C(C)(C(C)C)c2ccccc21. The van der Waals surface area contributed by atoms with Gasteiger partial charge in [0.15, 0.2) is 0 Å². The normalized spacial score (nSPS) is 26.9. The average Bonchev–Trinajstić information content (AvgIpc) is 2.52. The van der Waals surface area contributed by atoms with Gasteiger partial charge in [0.2, 0.25) is 0 Å². The van der Waals surface area contributed by atoms with Gasteiger partial charge in [0.25, 0.3) is 0 Å². The summed E-state index contributed by atoms with van der Waals surface area (Å²) in [5.74, 6) is 1.12. The lowest BCUT2D eigenvalue weighted by atomic mass is 9.53. The van der Waals surface area contributed by atoms with Crippen LogP contribution in [-0.2, 0) is 10.8 Å². The number of hydrogen-bond acceptors (Lipinski definition) is 0. The van der Waals surface area contributed by atoms with Crippen LogP contribution < -0.4 is 0 Å². The zero-order valence-electron chi connectivity index (χ0n) is 14.8. The van der Waals surface area contributed by atoms with Gasteiger partial charge in [-0.2, -0.15) is 0 Å². The maximum Gasteiger partial charge on any atom is 0.0203 e. The summed E-state index contributed by atoms with van der Waals surface area (Å²) in [5, 5.41) is 0. The standard InChI is InChI=1S/C22H28/c1-15(2)21(5)17-11-7-9-13-19(17)22(6,16(3)4)20-14-10-8-12-18(20)21/h7-16H,1-6H3. The van der Waals surface area contributed by atoms with Crippen molar-refractivity contribution in [3.63, 3.8) is 0 Å². The Labute approximate surface area is 135 Å². The van der Waals surface area contributed by atoms with Gasteiger partial charge < -0.3 is 0 Å². The minimum absolute atomic E-state index is 0.0849. The van der Waals surface area contributed by atoms with E-state index in [1.165, 1.54) is 22.3 Å². The fourth-order valence-electron chi connectivity index (χ4n) is 4.31. The van der Waals surface area contributed by atoms with Crippen molar-refractivity contribution < 1.29 is 0 Å². The first-order valence-electron chi connectivity index (χ1n) is 8.54. The molecule has 0 unspecified atom stereocenters. The largest absolute Gasteiger partial charge is 0.0619 e. The van der Waals surface area contributed by atoms with E-state index in [1.54, 1.807) is 0 Å². The fourth-order valence-corrected chi connectivity index (χ4v) is 4.31. The molecular weight excluding hydrogens is 264 g/mol. The Balaban J connectivity index is 2.45. The van der Waals surface area contributed by atoms with Crippen molar-refractivity contribution >= 4 is 0 Å². The quantitative estimate of drug-likeness (QED) is 0.644. The first kappa shape index (κ1) is 15.3. The Hall–Kier alpha value is -1.56. The molecule has 116 valence electrons. The highest BCUT2D eigenvalue weighted by molar-refractivity contribution is 5.59. The van der Waals surface area contributed by atoms with Crippen molar-refractivity contribution in [2.75, 3.05) is 0 Å². The average molecular weight is 292 g/mol. The van der Waals surface area contributed by atoms with Crippen LogP contribution in [0.1, 0.15) is 63.8 Å². The highest BCUT2D eigenvalue weighted by atomic mass is 14.5. The van der Waals surface area contributed by atoms with E-state index in [2.05, 4.69) is 90.1 Å². The number of fused-ring (bicyclic) bond motifs is 2. The molecule has 3 rings (SSSR count). The first-order valence-corrected chi connectivity index (χ1v) is 8.54. The zero-order valence-corrected chi connectivity index (χ0v) is 14.8. The lowest BCUT2D eigenvalue weighted by Gasteiger charge is -2.50. The Morgan fingerprint density at radius 3 is 0.955 bits per heavy atom. The van der Waals surface area contributed by atoms with Gasteiger partial charge in [0.1, 0.15) is 0 Å². The minimum Gasteiger partial charge on any atom is -0.0619 e. The van der Waals surface area contributed by atoms with Crippen molar-refractivity contribution in [3.8, 4) is 0 Å². The second-order valence-corrected chi connectivity index (χ2v) is 7.81. The van der Waals surface area contributed by atoms with Crippen LogP contribution in [0.2, 0.25) is 0 Å². The van der Waals surface area contributed by atoms with Crippen molar-refractivity contribution in [2.24, 2.45) is 11.8 Å². The van der Waals surface area contributed by atoms with Gasteiger partial charge >= 0.3 is 0 Å². The van der Waals surface area contributed by atoms with Gasteiger partial charge in [-0.05, 0) is 34.1 Å². The lowest BCUT2D eigenvalue weighted by Crippen LogP contribution is -2.44. The number of rotatable bonds is 2. The Bertz CT molecular complexity index is 583. The topological polar surface area (TPSA) is 0 Å². The summed E-state index contributed by atoms with van der Waals surface area (Å²) in [4.78, 5) is 0. The van der Waals surface area contributed by atoms with E-state index in [9.17, 15) is 0 Å². The second kappa shape index (κ2) is 4.98. The predicted molar refractivity (Wildman–Crippen MR) is 95.5 cm³/mol. The van der Waals surface area contributed by atoms with Crippen molar-refractivity contribution in [1.29, 1.82) is 0 Å². The third-order valence-corrected chi connectivity index (χ3v) is 6.40. The van der Waals surface area contributed by atoms with Crippen LogP contribution in [-0.4, -0.2) is 0 Å². The van der Waals surface area contributed by atoms with Crippen molar-refractivity contribution in [1.82, 2.24) is 0 Å². The molecule has 2 aromatic carbocycles. The molecule has 22 heavy (non-hydrogen) atoms. The summed E-state index contributed by atoms with van der Waals surface area (Å²) in [6.07, 6.45) is 0. The van der Waals surface area contributed by atoms with Gasteiger partial charge in [-0.15, -0.1) is 0 Å². The maximum absolute atomic E-state index is 2.43. The van der Waals surface area contributed by atoms with Gasteiger partial charge in [-0.3, -0.25) is 0 Å². The molecule has 0 bridgehead atoms. The van der Waals surface area contributed by atoms with Crippen LogP contribution in [0.4, 0.5) is 0 Å². The zero-order chi connectivity index (χ0) is 16.1. The van der Waals surface area contributed by atoms with E-state index >= 15 is 0 Å². The monoisotopic (exact) mass is 292 g/mol. The molecule has 0 aliphatic heterocycles. The summed E-state index contributed by atoms with van der Waals surface area (Å²) in [7, 11) is 0. The molecule has 1 aliphatic rings. The molecule has 2 aromatic rings. The van der Waals surface area contributed by atoms with E-state index in [0.717, 1.165) is 0 Å². The van der Waals surface area contributed by atoms with Gasteiger partial charge in [-0.1, -0.05) is 90.1 Å². The molecule has 0 N–H and O–H groups in total. The summed E-state index contributed by atoms with van der Waals surface area (Å²) in [6, 6.07) is 18.2. The highest BCUT2D eigenvalue weighted by Crippen LogP contribution is 2.54. The third-order valence-electron chi connectivity index (χ3n) is 6.40. The molecule has 0 radical (unpaired) electrons. The van der Waals surface area contributed by atoms with Crippen LogP contribution in [0, 0.1) is 11.8 Å². The second-order valence-electron chi connectivity index (χ2n) is 7.81. The molecule has 1 aliphatic carbocycles. The van der Waals surface area contributed by atoms with E-state index in [0.29, 0.717) is 11.8 Å². The highest BCUT2D eigenvalue weighted by Gasteiger charge is 2.48. The smallest absolute Gasteiger partial charge is 0.0203 e. The molecule has 0 nitrogen and oxygen atoms in total. The van der Waals surface area contributed by atoms with Crippen LogP contribution in [0.25, 0.3) is 0 Å². The van der Waals surface area contributed by atoms with Crippen molar-refractivity contribution in [2.45, 2.75) is 52.4 Å². The molecule has 0 fully saturated rings. The molecule has 0 amide bonds. The van der Waals surface area contributed by atoms with Crippen LogP contribution in [0.5, 0.6) is 0 Å². The fraction of sp³-hybridized carbons (Fsp3) is 0.455. The molecule has 0 saturated carbocycles. The summed E-state index contributed by atoms with van der Waals surface area (Å²) < 4.78 is 0. The molecule has 0 atom stereocenters. The third kappa shape index (κ3) is 1.76. The van der Waals surface area contributed by atoms with Crippen molar-refractivity contribution in [3.05, 3.63) is 70.8 Å². The molecular formula is C22H28. The summed E-state index contributed by atoms with van der Waals surface area (Å²) >= 11 is 0. The van der Waals surface area contributed by atoms with Crippen LogP contribution in [0.3, 0.4) is 0 Å². The summed E-state index contributed by atoms with van der Waals surface area (Å²) in [6.45, 7) is 14.3. The molecule has 0 aromatic heterocycles. The Morgan fingerprint density at radius 1 is 0.545 bits per heavy atom. The van der Waals surface area contributed by atoms with Crippen LogP contribution >= 0.6 is 0 Å². The van der Waals surface area contributed by atoms with Gasteiger partial charge in [0, 0.05) is 10.8 Å².